The largest absolute Gasteiger partial charge is 0.465 e. The van der Waals surface area contributed by atoms with Crippen LogP contribution in [0, 0.1) is 28.5 Å². The Kier molecular flexibility index (Phi) is 6.39. The molecule has 170 valence electrons. The number of hydrogen-bond donors (Lipinski definition) is 3. The predicted molar refractivity (Wildman–Crippen MR) is 116 cm³/mol. The van der Waals surface area contributed by atoms with Gasteiger partial charge in [-0.05, 0) is 42.5 Å². The second kappa shape index (κ2) is 8.86. The Balaban J connectivity index is 1.96. The molecule has 1 fully saturated rings. The van der Waals surface area contributed by atoms with Crippen LogP contribution in [-0.4, -0.2) is 44.4 Å². The van der Waals surface area contributed by atoms with E-state index in [9.17, 15) is 24.3 Å². The summed E-state index contributed by atoms with van der Waals surface area (Å²) in [4.78, 5) is 25.2. The van der Waals surface area contributed by atoms with Crippen LogP contribution in [0.1, 0.15) is 50.0 Å². The van der Waals surface area contributed by atoms with Gasteiger partial charge < -0.3 is 21.1 Å². The molecule has 0 saturated carbocycles. The Morgan fingerprint density at radius 3 is 2.53 bits per heavy atom. The van der Waals surface area contributed by atoms with Crippen LogP contribution in [0.3, 0.4) is 0 Å². The molecule has 0 bridgehead atoms. The van der Waals surface area contributed by atoms with E-state index in [1.807, 2.05) is 20.8 Å². The molecule has 1 aromatic carbocycles. The number of primary amides is 1. The summed E-state index contributed by atoms with van der Waals surface area (Å²) in [7, 11) is 0. The first-order valence-electron chi connectivity index (χ1n) is 10.3. The zero-order valence-electron chi connectivity index (χ0n) is 18.2. The molecule has 2 aromatic rings. The number of carbonyl (C=O) groups is 2. The van der Waals surface area contributed by atoms with E-state index in [0.717, 1.165) is 0 Å². The van der Waals surface area contributed by atoms with Crippen molar-refractivity contribution >= 4 is 23.5 Å². The van der Waals surface area contributed by atoms with Crippen LogP contribution >= 0.6 is 0 Å². The van der Waals surface area contributed by atoms with Crippen molar-refractivity contribution in [3.05, 3.63) is 41.8 Å². The summed E-state index contributed by atoms with van der Waals surface area (Å²) in [6.45, 7) is 6.23. The Morgan fingerprint density at radius 1 is 1.34 bits per heavy atom. The molecule has 0 radical (unpaired) electrons. The smallest absolute Gasteiger partial charge is 0.407 e. The van der Waals surface area contributed by atoms with Crippen molar-refractivity contribution in [2.75, 3.05) is 11.9 Å². The van der Waals surface area contributed by atoms with Gasteiger partial charge in [0.1, 0.15) is 11.4 Å². The van der Waals surface area contributed by atoms with Gasteiger partial charge in [-0.3, -0.25) is 9.48 Å². The fourth-order valence-corrected chi connectivity index (χ4v) is 4.14. The highest BCUT2D eigenvalue weighted by Crippen LogP contribution is 2.39. The number of nitrogens with one attached hydrogen (secondary N) is 1. The molecule has 1 aliphatic heterocycles. The lowest BCUT2D eigenvalue weighted by atomic mass is 9.77. The Morgan fingerprint density at radius 2 is 2.00 bits per heavy atom. The van der Waals surface area contributed by atoms with Crippen LogP contribution in [0.15, 0.2) is 30.5 Å². The van der Waals surface area contributed by atoms with Gasteiger partial charge in [-0.25, -0.2) is 9.18 Å². The molecule has 4 N–H and O–H groups in total. The van der Waals surface area contributed by atoms with Gasteiger partial charge in [0, 0.05) is 18.4 Å². The third-order valence-corrected chi connectivity index (χ3v) is 5.56. The van der Waals surface area contributed by atoms with Crippen molar-refractivity contribution in [3.63, 3.8) is 0 Å². The lowest BCUT2D eigenvalue weighted by molar-refractivity contribution is 0.0481. The second-order valence-corrected chi connectivity index (χ2v) is 9.19. The third kappa shape index (κ3) is 4.99. The normalized spacial score (nSPS) is 21.1. The number of hydrogen-bond acceptors (Lipinski definition) is 5. The van der Waals surface area contributed by atoms with Crippen LogP contribution in [0.4, 0.5) is 20.7 Å². The molecular weight excluding hydrogens is 415 g/mol. The van der Waals surface area contributed by atoms with Crippen LogP contribution in [0.25, 0.3) is 0 Å². The van der Waals surface area contributed by atoms with Crippen LogP contribution < -0.4 is 11.1 Å². The summed E-state index contributed by atoms with van der Waals surface area (Å²) in [5.74, 6) is -1.58. The quantitative estimate of drug-likeness (QED) is 0.645. The van der Waals surface area contributed by atoms with Crippen molar-refractivity contribution < 1.29 is 19.1 Å². The minimum atomic E-state index is -1.06. The molecule has 1 saturated heterocycles. The molecular formula is C22H27FN6O3. The zero-order valence-corrected chi connectivity index (χ0v) is 18.2. The molecule has 1 aliphatic rings. The number of amides is 2. The number of likely N-dealkylation sites (tertiary alicyclic amines) is 1. The minimum Gasteiger partial charge on any atom is -0.465 e. The molecule has 1 unspecified atom stereocenters. The van der Waals surface area contributed by atoms with Gasteiger partial charge in [-0.15, -0.1) is 0 Å². The van der Waals surface area contributed by atoms with E-state index >= 15 is 0 Å². The summed E-state index contributed by atoms with van der Waals surface area (Å²) in [6, 6.07) is 6.86. The number of carboxylic acid groups (broad SMARTS) is 1. The number of benzene rings is 1. The average molecular weight is 442 g/mol. The number of rotatable bonds is 5. The van der Waals surface area contributed by atoms with Crippen molar-refractivity contribution in [2.24, 2.45) is 17.1 Å². The van der Waals surface area contributed by atoms with E-state index in [1.54, 1.807) is 0 Å². The first kappa shape index (κ1) is 23.1. The molecule has 3 atom stereocenters. The molecule has 0 spiro atoms. The number of nitrogens with zero attached hydrogens (tertiary/aromatic N) is 4. The standard InChI is InChI=1S/C22H27FN6O3/c1-22(2,3)10-18-15(11-24)17(8-9-28(18)21(31)32)29-12-16(19(25)30)20(27-29)26-14-6-4-13(23)5-7-14/h4-7,12,15,17-18H,8-10H2,1-3H3,(H2,25,30)(H,26,27)(H,31,32)/t15-,17-,18?/m1/s1. The summed E-state index contributed by atoms with van der Waals surface area (Å²) in [5.41, 5.74) is 5.97. The summed E-state index contributed by atoms with van der Waals surface area (Å²) >= 11 is 0. The SMILES string of the molecule is CC(C)(C)CC1[C@H](C#N)[C@H](n2cc(C(N)=O)c(Nc3ccc(F)cc3)n2)CCN1C(=O)O. The highest BCUT2D eigenvalue weighted by Gasteiger charge is 2.43. The topological polar surface area (TPSA) is 137 Å². The lowest BCUT2D eigenvalue weighted by Crippen LogP contribution is -2.52. The van der Waals surface area contributed by atoms with Crippen molar-refractivity contribution in [2.45, 2.75) is 45.7 Å². The number of piperidine rings is 1. The molecule has 2 heterocycles. The van der Waals surface area contributed by atoms with Gasteiger partial charge in [-0.2, -0.15) is 10.4 Å². The summed E-state index contributed by atoms with van der Waals surface area (Å²) in [6.07, 6.45) is 1.28. The second-order valence-electron chi connectivity index (χ2n) is 9.19. The van der Waals surface area contributed by atoms with Crippen LogP contribution in [0.2, 0.25) is 0 Å². The monoisotopic (exact) mass is 442 g/mol. The fraction of sp³-hybridized carbons (Fsp3) is 0.455. The number of nitriles is 1. The van der Waals surface area contributed by atoms with E-state index in [0.29, 0.717) is 18.5 Å². The Bertz CT molecular complexity index is 1040. The molecule has 1 aromatic heterocycles. The van der Waals surface area contributed by atoms with Gasteiger partial charge in [0.15, 0.2) is 5.82 Å². The zero-order chi connectivity index (χ0) is 23.6. The van der Waals surface area contributed by atoms with E-state index in [1.165, 1.54) is 40.0 Å². The fourth-order valence-electron chi connectivity index (χ4n) is 4.14. The third-order valence-electron chi connectivity index (χ3n) is 5.56. The molecule has 2 amide bonds. The highest BCUT2D eigenvalue weighted by atomic mass is 19.1. The van der Waals surface area contributed by atoms with Crippen LogP contribution in [0.5, 0.6) is 0 Å². The van der Waals surface area contributed by atoms with Gasteiger partial charge in [0.05, 0.1) is 24.1 Å². The number of aromatic nitrogens is 2. The first-order valence-corrected chi connectivity index (χ1v) is 10.3. The van der Waals surface area contributed by atoms with E-state index < -0.39 is 35.8 Å². The maximum absolute atomic E-state index is 13.2. The van der Waals surface area contributed by atoms with E-state index in [2.05, 4.69) is 16.5 Å². The molecule has 32 heavy (non-hydrogen) atoms. The molecule has 0 aliphatic carbocycles. The Labute approximate surface area is 185 Å². The maximum Gasteiger partial charge on any atom is 0.407 e. The number of carbonyl (C=O) groups excluding carboxylic acids is 1. The minimum absolute atomic E-state index is 0.124. The van der Waals surface area contributed by atoms with Gasteiger partial charge >= 0.3 is 6.09 Å². The summed E-state index contributed by atoms with van der Waals surface area (Å²) < 4.78 is 14.7. The predicted octanol–water partition coefficient (Wildman–Crippen LogP) is 3.73. The number of halogens is 1. The molecule has 9 nitrogen and oxygen atoms in total. The number of anilines is 2. The number of nitrogens with two attached hydrogens (primary N) is 1. The van der Waals surface area contributed by atoms with Crippen molar-refractivity contribution in [1.82, 2.24) is 14.7 Å². The Hall–Kier alpha value is -3.61. The van der Waals surface area contributed by atoms with Crippen molar-refractivity contribution in [1.29, 1.82) is 5.26 Å². The molecule has 3 rings (SSSR count). The summed E-state index contributed by atoms with van der Waals surface area (Å²) in [5, 5.41) is 27.1. The lowest BCUT2D eigenvalue weighted by Gasteiger charge is -2.43. The van der Waals surface area contributed by atoms with Crippen molar-refractivity contribution in [3.8, 4) is 6.07 Å². The van der Waals surface area contributed by atoms with Gasteiger partial charge in [-0.1, -0.05) is 20.8 Å². The first-order chi connectivity index (χ1) is 15.0. The van der Waals surface area contributed by atoms with Gasteiger partial charge in [0.2, 0.25) is 0 Å². The van der Waals surface area contributed by atoms with Gasteiger partial charge in [0.25, 0.3) is 5.91 Å². The van der Waals surface area contributed by atoms with E-state index in [-0.39, 0.29) is 23.3 Å². The van der Waals surface area contributed by atoms with E-state index in [4.69, 9.17) is 5.73 Å². The van der Waals surface area contributed by atoms with Crippen LogP contribution in [-0.2, 0) is 0 Å². The maximum atomic E-state index is 13.2. The highest BCUT2D eigenvalue weighted by molar-refractivity contribution is 5.98. The molecule has 10 heteroatoms. The average Bonchev–Trinajstić information content (AvgIpc) is 3.12.